The quantitative estimate of drug-likeness (QED) is 0.877. The van der Waals surface area contributed by atoms with Gasteiger partial charge in [0.15, 0.2) is 0 Å². The lowest BCUT2D eigenvalue weighted by Crippen LogP contribution is -2.34. The van der Waals surface area contributed by atoms with E-state index in [1.807, 2.05) is 0 Å². The van der Waals surface area contributed by atoms with Crippen LogP contribution in [0.15, 0.2) is 29.7 Å². The third-order valence-electron chi connectivity index (χ3n) is 3.11. The minimum Gasteiger partial charge on any atom is -0.382 e. The van der Waals surface area contributed by atoms with Crippen molar-refractivity contribution < 1.29 is 18.4 Å². The SMILES string of the molecule is O=C(NCc1ncn[nH]1)[C@H]1CC(c2c(F)cccc2F)=NO1. The number of amides is 1. The Labute approximate surface area is 123 Å². The van der Waals surface area contributed by atoms with Crippen LogP contribution in [0.1, 0.15) is 17.8 Å². The highest BCUT2D eigenvalue weighted by molar-refractivity contribution is 6.04. The van der Waals surface area contributed by atoms with E-state index >= 15 is 0 Å². The van der Waals surface area contributed by atoms with E-state index in [1.165, 1.54) is 12.4 Å². The van der Waals surface area contributed by atoms with Crippen molar-refractivity contribution in [2.45, 2.75) is 19.1 Å². The van der Waals surface area contributed by atoms with Crippen LogP contribution < -0.4 is 5.32 Å². The lowest BCUT2D eigenvalue weighted by molar-refractivity contribution is -0.131. The second-order valence-electron chi connectivity index (χ2n) is 4.58. The molecule has 0 saturated carbocycles. The van der Waals surface area contributed by atoms with E-state index in [1.54, 1.807) is 0 Å². The molecule has 1 atom stereocenters. The number of oxime groups is 1. The van der Waals surface area contributed by atoms with E-state index in [9.17, 15) is 13.6 Å². The van der Waals surface area contributed by atoms with E-state index in [2.05, 4.69) is 25.7 Å². The summed E-state index contributed by atoms with van der Waals surface area (Å²) in [7, 11) is 0. The fraction of sp³-hybridized carbons (Fsp3) is 0.231. The number of halogens is 2. The van der Waals surface area contributed by atoms with Gasteiger partial charge in [-0.1, -0.05) is 11.2 Å². The molecule has 0 bridgehead atoms. The van der Waals surface area contributed by atoms with Crippen LogP contribution in [0.3, 0.4) is 0 Å². The molecule has 22 heavy (non-hydrogen) atoms. The largest absolute Gasteiger partial charge is 0.382 e. The van der Waals surface area contributed by atoms with E-state index < -0.39 is 23.6 Å². The van der Waals surface area contributed by atoms with Gasteiger partial charge < -0.3 is 10.2 Å². The molecule has 0 fully saturated rings. The molecule has 7 nitrogen and oxygen atoms in total. The Morgan fingerprint density at radius 3 is 2.86 bits per heavy atom. The smallest absolute Gasteiger partial charge is 0.264 e. The normalized spacial score (nSPS) is 17.0. The van der Waals surface area contributed by atoms with Crippen molar-refractivity contribution in [3.63, 3.8) is 0 Å². The second-order valence-corrected chi connectivity index (χ2v) is 4.58. The molecule has 0 unspecified atom stereocenters. The van der Waals surface area contributed by atoms with Crippen LogP contribution in [0.4, 0.5) is 8.78 Å². The van der Waals surface area contributed by atoms with Gasteiger partial charge in [0, 0.05) is 6.42 Å². The number of carbonyl (C=O) groups is 1. The summed E-state index contributed by atoms with van der Waals surface area (Å²) in [6.45, 7) is 0.141. The van der Waals surface area contributed by atoms with Crippen molar-refractivity contribution in [2.75, 3.05) is 0 Å². The predicted molar refractivity (Wildman–Crippen MR) is 70.6 cm³/mol. The van der Waals surface area contributed by atoms with Crippen LogP contribution in [0.2, 0.25) is 0 Å². The maximum absolute atomic E-state index is 13.7. The average molecular weight is 307 g/mol. The molecule has 1 aliphatic heterocycles. The molecule has 1 aliphatic rings. The fourth-order valence-electron chi connectivity index (χ4n) is 2.04. The van der Waals surface area contributed by atoms with Gasteiger partial charge >= 0.3 is 0 Å². The Balaban J connectivity index is 1.63. The first-order valence-electron chi connectivity index (χ1n) is 6.44. The highest BCUT2D eigenvalue weighted by Crippen LogP contribution is 2.21. The zero-order valence-corrected chi connectivity index (χ0v) is 11.2. The van der Waals surface area contributed by atoms with Gasteiger partial charge in [0.1, 0.15) is 23.8 Å². The number of aromatic nitrogens is 3. The topological polar surface area (TPSA) is 92.3 Å². The number of aromatic amines is 1. The first kappa shape index (κ1) is 14.1. The molecule has 3 rings (SSSR count). The summed E-state index contributed by atoms with van der Waals surface area (Å²) in [5.74, 6) is -1.46. The minimum absolute atomic E-state index is 0.0138. The van der Waals surface area contributed by atoms with Gasteiger partial charge in [0.2, 0.25) is 6.10 Å². The van der Waals surface area contributed by atoms with Crippen molar-refractivity contribution in [2.24, 2.45) is 5.16 Å². The van der Waals surface area contributed by atoms with Crippen LogP contribution in [0, 0.1) is 11.6 Å². The number of nitrogens with zero attached hydrogens (tertiary/aromatic N) is 3. The molecular weight excluding hydrogens is 296 g/mol. The Kier molecular flexibility index (Phi) is 3.77. The molecule has 0 radical (unpaired) electrons. The number of carbonyl (C=O) groups excluding carboxylic acids is 1. The highest BCUT2D eigenvalue weighted by atomic mass is 19.1. The molecule has 114 valence electrons. The molecule has 0 saturated heterocycles. The van der Waals surface area contributed by atoms with Gasteiger partial charge in [-0.25, -0.2) is 13.8 Å². The van der Waals surface area contributed by atoms with Crippen molar-refractivity contribution in [3.05, 3.63) is 47.5 Å². The van der Waals surface area contributed by atoms with E-state index in [0.717, 1.165) is 12.1 Å². The number of nitrogens with one attached hydrogen (secondary N) is 2. The van der Waals surface area contributed by atoms with Gasteiger partial charge in [-0.15, -0.1) is 0 Å². The summed E-state index contributed by atoms with van der Waals surface area (Å²) in [6.07, 6.45) is 0.368. The van der Waals surface area contributed by atoms with Crippen molar-refractivity contribution in [1.29, 1.82) is 0 Å². The first-order chi connectivity index (χ1) is 10.6. The predicted octanol–water partition coefficient (Wildman–Crippen LogP) is 0.892. The first-order valence-corrected chi connectivity index (χ1v) is 6.44. The molecule has 1 amide bonds. The zero-order chi connectivity index (χ0) is 15.5. The Morgan fingerprint density at radius 2 is 2.18 bits per heavy atom. The van der Waals surface area contributed by atoms with Gasteiger partial charge in [-0.3, -0.25) is 9.89 Å². The lowest BCUT2D eigenvalue weighted by Gasteiger charge is -2.08. The molecule has 1 aromatic carbocycles. The number of rotatable bonds is 4. The van der Waals surface area contributed by atoms with Crippen LogP contribution in [-0.2, 0) is 16.2 Å². The Morgan fingerprint density at radius 1 is 1.41 bits per heavy atom. The van der Waals surface area contributed by atoms with Crippen LogP contribution in [-0.4, -0.2) is 32.9 Å². The van der Waals surface area contributed by atoms with Crippen LogP contribution in [0.25, 0.3) is 0 Å². The summed E-state index contributed by atoms with van der Waals surface area (Å²) in [6, 6.07) is 3.50. The van der Waals surface area contributed by atoms with Gasteiger partial charge in [0.05, 0.1) is 17.8 Å². The fourth-order valence-corrected chi connectivity index (χ4v) is 2.04. The van der Waals surface area contributed by atoms with Crippen LogP contribution in [0.5, 0.6) is 0 Å². The van der Waals surface area contributed by atoms with Crippen molar-refractivity contribution in [3.8, 4) is 0 Å². The molecule has 2 N–H and O–H groups in total. The molecule has 2 aromatic rings. The number of H-pyrrole nitrogens is 1. The summed E-state index contributed by atoms with van der Waals surface area (Å²) >= 11 is 0. The molecule has 0 spiro atoms. The summed E-state index contributed by atoms with van der Waals surface area (Å²) < 4.78 is 27.3. The molecule has 1 aromatic heterocycles. The number of hydrogen-bond donors (Lipinski definition) is 2. The summed E-state index contributed by atoms with van der Waals surface area (Å²) in [4.78, 5) is 20.7. The van der Waals surface area contributed by atoms with E-state index in [-0.39, 0.29) is 24.2 Å². The molecule has 2 heterocycles. The standard InChI is InChI=1S/C13H11F2N5O2/c14-7-2-1-3-8(15)12(7)9-4-10(22-20-9)13(21)16-5-11-17-6-18-19-11/h1-3,6,10H,4-5H2,(H,16,21)(H,17,18,19)/t10-/m1/s1. The van der Waals surface area contributed by atoms with E-state index in [0.29, 0.717) is 5.82 Å². The van der Waals surface area contributed by atoms with Gasteiger partial charge in [-0.2, -0.15) is 5.10 Å². The third-order valence-corrected chi connectivity index (χ3v) is 3.11. The highest BCUT2D eigenvalue weighted by Gasteiger charge is 2.31. The maximum Gasteiger partial charge on any atom is 0.264 e. The molecule has 0 aliphatic carbocycles. The Bertz CT molecular complexity index is 697. The second kappa shape index (κ2) is 5.88. The lowest BCUT2D eigenvalue weighted by atomic mass is 10.0. The summed E-state index contributed by atoms with van der Waals surface area (Å²) in [5.41, 5.74) is -0.205. The monoisotopic (exact) mass is 307 g/mol. The Hall–Kier alpha value is -2.84. The van der Waals surface area contributed by atoms with Crippen molar-refractivity contribution in [1.82, 2.24) is 20.5 Å². The summed E-state index contributed by atoms with van der Waals surface area (Å²) in [5, 5.41) is 12.4. The number of benzene rings is 1. The molecule has 9 heteroatoms. The minimum atomic E-state index is -0.933. The average Bonchev–Trinajstić information content (AvgIpc) is 3.16. The van der Waals surface area contributed by atoms with Crippen molar-refractivity contribution >= 4 is 11.6 Å². The maximum atomic E-state index is 13.7. The third kappa shape index (κ3) is 2.78. The van der Waals surface area contributed by atoms with Gasteiger partial charge in [0.25, 0.3) is 5.91 Å². The van der Waals surface area contributed by atoms with Gasteiger partial charge in [-0.05, 0) is 12.1 Å². The zero-order valence-electron chi connectivity index (χ0n) is 11.2. The van der Waals surface area contributed by atoms with Crippen LogP contribution >= 0.6 is 0 Å². The number of hydrogen-bond acceptors (Lipinski definition) is 5. The van der Waals surface area contributed by atoms with E-state index in [4.69, 9.17) is 4.84 Å². The molecular formula is C13H11F2N5O2.